The largest absolute Gasteiger partial charge is 0.379 e. The molecule has 0 aromatic carbocycles. The monoisotopic (exact) mass is 383 g/mol. The van der Waals surface area contributed by atoms with Crippen LogP contribution in [0.2, 0.25) is 0 Å². The molecule has 0 aromatic heterocycles. The Balaban J connectivity index is 0.000000273. The summed E-state index contributed by atoms with van der Waals surface area (Å²) in [5.74, 6) is 0. The third kappa shape index (κ3) is 10.3. The predicted molar refractivity (Wildman–Crippen MR) is 119 cm³/mol. The highest BCUT2D eigenvalue weighted by molar-refractivity contribution is 4.86. The average Bonchev–Trinajstić information content (AvgIpc) is 2.53. The first-order valence-corrected chi connectivity index (χ1v) is 10.9. The summed E-state index contributed by atoms with van der Waals surface area (Å²) >= 11 is 0. The third-order valence-corrected chi connectivity index (χ3v) is 5.42. The quantitative estimate of drug-likeness (QED) is 0.711. The van der Waals surface area contributed by atoms with E-state index in [1.165, 1.54) is 58.5 Å². The fraction of sp³-hybridized carbons (Fsp3) is 1.00. The number of hydrogen-bond acceptors (Lipinski definition) is 4. The van der Waals surface area contributed by atoms with Gasteiger partial charge in [-0.2, -0.15) is 0 Å². The molecule has 0 amide bonds. The molecular formula is C23H49N3O. The van der Waals surface area contributed by atoms with Crippen LogP contribution in [-0.2, 0) is 4.74 Å². The molecule has 3 rings (SSSR count). The number of hydrogen-bond donors (Lipinski definition) is 0. The lowest BCUT2D eigenvalue weighted by atomic mass is 9.93. The summed E-state index contributed by atoms with van der Waals surface area (Å²) in [5.41, 5.74) is 0.883. The lowest BCUT2D eigenvalue weighted by Gasteiger charge is -2.45. The summed E-state index contributed by atoms with van der Waals surface area (Å²) in [4.78, 5) is 7.86. The maximum Gasteiger partial charge on any atom is 0.0594 e. The van der Waals surface area contributed by atoms with E-state index in [4.69, 9.17) is 4.74 Å². The highest BCUT2D eigenvalue weighted by Gasteiger charge is 2.30. The molecular weight excluding hydrogens is 334 g/mol. The van der Waals surface area contributed by atoms with E-state index >= 15 is 0 Å². The van der Waals surface area contributed by atoms with Crippen LogP contribution in [0.1, 0.15) is 68.2 Å². The van der Waals surface area contributed by atoms with Crippen LogP contribution in [0, 0.1) is 10.8 Å². The van der Waals surface area contributed by atoms with Crippen molar-refractivity contribution in [2.75, 3.05) is 65.6 Å². The molecule has 0 spiro atoms. The number of fused-ring (bicyclic) bond motifs is 1. The Morgan fingerprint density at radius 2 is 1.33 bits per heavy atom. The molecule has 0 aliphatic carbocycles. The molecule has 162 valence electrons. The van der Waals surface area contributed by atoms with Gasteiger partial charge >= 0.3 is 0 Å². The SMILES string of the molecule is C.CC(C)(C)CN1CCN2CCCCC2C1.CC(C)(C)CN1CCOCC1. The van der Waals surface area contributed by atoms with E-state index in [9.17, 15) is 0 Å². The molecule has 0 aromatic rings. The van der Waals surface area contributed by atoms with Gasteiger partial charge in [0.15, 0.2) is 0 Å². The Morgan fingerprint density at radius 1 is 0.741 bits per heavy atom. The molecule has 1 unspecified atom stereocenters. The summed E-state index contributed by atoms with van der Waals surface area (Å²) in [6.07, 6.45) is 4.31. The second-order valence-electron chi connectivity index (χ2n) is 10.9. The van der Waals surface area contributed by atoms with Crippen molar-refractivity contribution in [2.24, 2.45) is 10.8 Å². The van der Waals surface area contributed by atoms with Crippen molar-refractivity contribution in [3.8, 4) is 0 Å². The highest BCUT2D eigenvalue weighted by Crippen LogP contribution is 2.23. The normalized spacial score (nSPS) is 25.8. The van der Waals surface area contributed by atoms with Gasteiger partial charge in [-0.15, -0.1) is 0 Å². The van der Waals surface area contributed by atoms with Gasteiger partial charge in [-0.25, -0.2) is 0 Å². The first-order chi connectivity index (χ1) is 12.1. The van der Waals surface area contributed by atoms with Crippen LogP contribution in [0.4, 0.5) is 0 Å². The van der Waals surface area contributed by atoms with Crippen LogP contribution in [0.3, 0.4) is 0 Å². The lowest BCUT2D eigenvalue weighted by molar-refractivity contribution is 0.0236. The number of ether oxygens (including phenoxy) is 1. The number of piperidine rings is 1. The summed E-state index contributed by atoms with van der Waals surface area (Å²) in [5, 5.41) is 0. The molecule has 27 heavy (non-hydrogen) atoms. The van der Waals surface area contributed by atoms with E-state index in [2.05, 4.69) is 56.2 Å². The molecule has 3 saturated heterocycles. The molecule has 3 fully saturated rings. The van der Waals surface area contributed by atoms with E-state index in [1.54, 1.807) is 0 Å². The topological polar surface area (TPSA) is 19.0 Å². The molecule has 0 radical (unpaired) electrons. The molecule has 4 heteroatoms. The lowest BCUT2D eigenvalue weighted by Crippen LogP contribution is -2.55. The average molecular weight is 384 g/mol. The molecule has 1 atom stereocenters. The first kappa shape index (κ1) is 24.9. The number of rotatable bonds is 2. The summed E-state index contributed by atoms with van der Waals surface area (Å²) < 4.78 is 5.27. The van der Waals surface area contributed by atoms with Gasteiger partial charge in [0.1, 0.15) is 0 Å². The van der Waals surface area contributed by atoms with E-state index in [0.717, 1.165) is 32.3 Å². The Labute approximate surface area is 170 Å². The molecule has 4 nitrogen and oxygen atoms in total. The van der Waals surface area contributed by atoms with Gasteiger partial charge in [0.2, 0.25) is 0 Å². The van der Waals surface area contributed by atoms with Gasteiger partial charge in [0.25, 0.3) is 0 Å². The number of nitrogens with zero attached hydrogens (tertiary/aromatic N) is 3. The first-order valence-electron chi connectivity index (χ1n) is 10.9. The van der Waals surface area contributed by atoms with Crippen molar-refractivity contribution in [1.29, 1.82) is 0 Å². The van der Waals surface area contributed by atoms with Crippen molar-refractivity contribution >= 4 is 0 Å². The van der Waals surface area contributed by atoms with Gasteiger partial charge in [-0.3, -0.25) is 14.7 Å². The van der Waals surface area contributed by atoms with Gasteiger partial charge < -0.3 is 4.74 Å². The molecule has 0 N–H and O–H groups in total. The molecule has 0 bridgehead atoms. The van der Waals surface area contributed by atoms with Gasteiger partial charge in [-0.05, 0) is 30.2 Å². The van der Waals surface area contributed by atoms with Crippen LogP contribution in [0.5, 0.6) is 0 Å². The number of piperazine rings is 1. The van der Waals surface area contributed by atoms with E-state index in [-0.39, 0.29) is 7.43 Å². The van der Waals surface area contributed by atoms with Crippen molar-refractivity contribution in [3.63, 3.8) is 0 Å². The van der Waals surface area contributed by atoms with Crippen molar-refractivity contribution in [2.45, 2.75) is 74.3 Å². The molecule has 3 heterocycles. The van der Waals surface area contributed by atoms with Gasteiger partial charge in [0.05, 0.1) is 13.2 Å². The van der Waals surface area contributed by atoms with Crippen LogP contribution < -0.4 is 0 Å². The summed E-state index contributed by atoms with van der Waals surface area (Å²) in [6.45, 7) is 25.6. The Kier molecular flexibility index (Phi) is 10.3. The second kappa shape index (κ2) is 11.1. The van der Waals surface area contributed by atoms with Crippen molar-refractivity contribution in [3.05, 3.63) is 0 Å². The Bertz CT molecular complexity index is 393. The zero-order valence-electron chi connectivity index (χ0n) is 18.5. The minimum absolute atomic E-state index is 0. The van der Waals surface area contributed by atoms with Gasteiger partial charge in [0, 0.05) is 51.9 Å². The summed E-state index contributed by atoms with van der Waals surface area (Å²) in [7, 11) is 0. The summed E-state index contributed by atoms with van der Waals surface area (Å²) in [6, 6.07) is 0.870. The van der Waals surface area contributed by atoms with Crippen LogP contribution in [-0.4, -0.2) is 86.3 Å². The van der Waals surface area contributed by atoms with E-state index in [1.807, 2.05) is 0 Å². The smallest absolute Gasteiger partial charge is 0.0594 e. The maximum absolute atomic E-state index is 5.27. The van der Waals surface area contributed by atoms with Crippen molar-refractivity contribution < 1.29 is 4.74 Å². The highest BCUT2D eigenvalue weighted by atomic mass is 16.5. The molecule has 0 saturated carbocycles. The number of morpholine rings is 1. The van der Waals surface area contributed by atoms with Crippen LogP contribution >= 0.6 is 0 Å². The fourth-order valence-electron chi connectivity index (χ4n) is 4.46. The third-order valence-electron chi connectivity index (χ3n) is 5.42. The van der Waals surface area contributed by atoms with E-state index in [0.29, 0.717) is 10.8 Å². The minimum atomic E-state index is 0. The predicted octanol–water partition coefficient (Wildman–Crippen LogP) is 4.20. The van der Waals surface area contributed by atoms with Crippen molar-refractivity contribution in [1.82, 2.24) is 14.7 Å². The maximum atomic E-state index is 5.27. The minimum Gasteiger partial charge on any atom is -0.379 e. The Morgan fingerprint density at radius 3 is 1.93 bits per heavy atom. The fourth-order valence-corrected chi connectivity index (χ4v) is 4.46. The standard InChI is InChI=1S/C13H26N2.C9H19NO.CH4/c1-13(2,3)11-14-8-9-15-7-5-4-6-12(15)10-14;1-9(2,3)8-10-4-6-11-7-5-10;/h12H,4-11H2,1-3H3;4-8H2,1-3H3;1H4. The molecule has 3 aliphatic heterocycles. The van der Waals surface area contributed by atoms with Gasteiger partial charge in [-0.1, -0.05) is 55.4 Å². The molecule has 3 aliphatic rings. The van der Waals surface area contributed by atoms with E-state index < -0.39 is 0 Å². The zero-order valence-corrected chi connectivity index (χ0v) is 18.5. The zero-order chi connectivity index (χ0) is 19.2. The van der Waals surface area contributed by atoms with Crippen LogP contribution in [0.25, 0.3) is 0 Å². The Hall–Kier alpha value is -0.160. The second-order valence-corrected chi connectivity index (χ2v) is 10.9. The van der Waals surface area contributed by atoms with Crippen LogP contribution in [0.15, 0.2) is 0 Å².